The number of halogens is 2. The number of amides is 1. The van der Waals surface area contributed by atoms with Crippen molar-refractivity contribution in [3.8, 4) is 6.07 Å². The Balaban J connectivity index is 2.05. The maximum Gasteiger partial charge on any atom is 0.255 e. The molecule has 1 aromatic carbocycles. The molecular weight excluding hydrogens is 433 g/mol. The van der Waals surface area contributed by atoms with Crippen LogP contribution in [0.4, 0.5) is 0 Å². The fourth-order valence-corrected chi connectivity index (χ4v) is 3.13. The summed E-state index contributed by atoms with van der Waals surface area (Å²) in [6.07, 6.45) is 0. The quantitative estimate of drug-likeness (QED) is 0.655. The standard InChI is InChI=1S/C14H15BrIN3O/c1-10(9-17)18-4-6-19(7-5-18)14(20)12-8-11(16)2-3-13(12)15/h2-3,8,10H,4-7H2,1H3. The van der Waals surface area contributed by atoms with Gasteiger partial charge in [-0.05, 0) is 63.6 Å². The first-order valence-electron chi connectivity index (χ1n) is 6.41. The summed E-state index contributed by atoms with van der Waals surface area (Å²) < 4.78 is 1.88. The molecule has 0 N–H and O–H groups in total. The van der Waals surface area contributed by atoms with Crippen molar-refractivity contribution >= 4 is 44.4 Å². The van der Waals surface area contributed by atoms with Crippen molar-refractivity contribution < 1.29 is 4.79 Å². The maximum absolute atomic E-state index is 12.5. The molecule has 1 aromatic rings. The van der Waals surface area contributed by atoms with Gasteiger partial charge < -0.3 is 4.90 Å². The van der Waals surface area contributed by atoms with Gasteiger partial charge in [0, 0.05) is 34.2 Å². The van der Waals surface area contributed by atoms with Crippen molar-refractivity contribution in [1.29, 1.82) is 5.26 Å². The molecule has 1 aliphatic heterocycles. The number of hydrogen-bond donors (Lipinski definition) is 0. The number of benzene rings is 1. The molecule has 1 unspecified atom stereocenters. The maximum atomic E-state index is 12.5. The van der Waals surface area contributed by atoms with Gasteiger partial charge in [0.05, 0.1) is 17.7 Å². The molecule has 0 bridgehead atoms. The van der Waals surface area contributed by atoms with Crippen LogP contribution in [-0.2, 0) is 0 Å². The van der Waals surface area contributed by atoms with Crippen molar-refractivity contribution in [3.63, 3.8) is 0 Å². The van der Waals surface area contributed by atoms with Gasteiger partial charge in [0.25, 0.3) is 5.91 Å². The Morgan fingerprint density at radius 2 is 2.05 bits per heavy atom. The number of nitriles is 1. The zero-order chi connectivity index (χ0) is 14.7. The molecule has 0 aliphatic carbocycles. The number of carbonyl (C=O) groups excluding carboxylic acids is 1. The van der Waals surface area contributed by atoms with Gasteiger partial charge >= 0.3 is 0 Å². The Morgan fingerprint density at radius 3 is 2.65 bits per heavy atom. The third-order valence-electron chi connectivity index (χ3n) is 3.49. The Kier molecular flexibility index (Phi) is 5.41. The lowest BCUT2D eigenvalue weighted by atomic mass is 10.1. The molecule has 0 radical (unpaired) electrons. The predicted octanol–water partition coefficient (Wildman–Crippen LogP) is 2.72. The predicted molar refractivity (Wildman–Crippen MR) is 89.4 cm³/mol. The molecule has 1 aliphatic rings. The summed E-state index contributed by atoms with van der Waals surface area (Å²) in [5.41, 5.74) is 0.707. The molecule has 20 heavy (non-hydrogen) atoms. The molecule has 106 valence electrons. The van der Waals surface area contributed by atoms with Gasteiger partial charge in [0.2, 0.25) is 0 Å². The molecule has 1 fully saturated rings. The first-order chi connectivity index (χ1) is 9.52. The minimum Gasteiger partial charge on any atom is -0.336 e. The second-order valence-corrected chi connectivity index (χ2v) is 6.86. The summed E-state index contributed by atoms with van der Waals surface area (Å²) in [4.78, 5) is 16.5. The van der Waals surface area contributed by atoms with Crippen molar-refractivity contribution in [2.45, 2.75) is 13.0 Å². The molecule has 0 saturated carbocycles. The van der Waals surface area contributed by atoms with Crippen LogP contribution in [0.25, 0.3) is 0 Å². The lowest BCUT2D eigenvalue weighted by Crippen LogP contribution is -2.51. The van der Waals surface area contributed by atoms with Crippen LogP contribution in [-0.4, -0.2) is 47.9 Å². The Labute approximate surface area is 141 Å². The highest BCUT2D eigenvalue weighted by Gasteiger charge is 2.25. The topological polar surface area (TPSA) is 47.3 Å². The molecule has 1 heterocycles. The molecule has 6 heteroatoms. The molecule has 1 amide bonds. The van der Waals surface area contributed by atoms with Crippen LogP contribution in [0.3, 0.4) is 0 Å². The summed E-state index contributed by atoms with van der Waals surface area (Å²) in [7, 11) is 0. The highest BCUT2D eigenvalue weighted by Crippen LogP contribution is 2.22. The van der Waals surface area contributed by atoms with Crippen LogP contribution in [0, 0.1) is 14.9 Å². The Hall–Kier alpha value is -0.650. The number of carbonyl (C=O) groups is 1. The summed E-state index contributed by atoms with van der Waals surface area (Å²) >= 11 is 5.65. The molecule has 1 saturated heterocycles. The average Bonchev–Trinajstić information content (AvgIpc) is 2.48. The van der Waals surface area contributed by atoms with E-state index in [0.717, 1.165) is 21.1 Å². The smallest absolute Gasteiger partial charge is 0.255 e. The van der Waals surface area contributed by atoms with Crippen LogP contribution < -0.4 is 0 Å². The molecule has 2 rings (SSSR count). The van der Waals surface area contributed by atoms with E-state index in [-0.39, 0.29) is 11.9 Å². The average molecular weight is 448 g/mol. The molecule has 0 aromatic heterocycles. The van der Waals surface area contributed by atoms with E-state index in [0.29, 0.717) is 18.7 Å². The lowest BCUT2D eigenvalue weighted by molar-refractivity contribution is 0.0614. The van der Waals surface area contributed by atoms with E-state index in [9.17, 15) is 4.79 Å². The van der Waals surface area contributed by atoms with Crippen LogP contribution in [0.1, 0.15) is 17.3 Å². The minimum absolute atomic E-state index is 0.0552. The molecule has 0 spiro atoms. The van der Waals surface area contributed by atoms with E-state index in [2.05, 4.69) is 49.5 Å². The second-order valence-electron chi connectivity index (χ2n) is 4.76. The van der Waals surface area contributed by atoms with Gasteiger partial charge in [-0.25, -0.2) is 0 Å². The van der Waals surface area contributed by atoms with Crippen LogP contribution in [0.15, 0.2) is 22.7 Å². The van der Waals surface area contributed by atoms with Gasteiger partial charge in [-0.15, -0.1) is 0 Å². The van der Waals surface area contributed by atoms with E-state index >= 15 is 0 Å². The lowest BCUT2D eigenvalue weighted by Gasteiger charge is -2.36. The minimum atomic E-state index is -0.0864. The summed E-state index contributed by atoms with van der Waals surface area (Å²) in [6.45, 7) is 4.74. The number of hydrogen-bond acceptors (Lipinski definition) is 3. The fourth-order valence-electron chi connectivity index (χ4n) is 2.23. The monoisotopic (exact) mass is 447 g/mol. The van der Waals surface area contributed by atoms with E-state index in [1.165, 1.54) is 0 Å². The third-order valence-corrected chi connectivity index (χ3v) is 4.86. The van der Waals surface area contributed by atoms with E-state index < -0.39 is 0 Å². The van der Waals surface area contributed by atoms with Gasteiger partial charge in [-0.1, -0.05) is 0 Å². The Bertz CT molecular complexity index is 550. The van der Waals surface area contributed by atoms with E-state index in [4.69, 9.17) is 5.26 Å². The number of nitrogens with zero attached hydrogens (tertiary/aromatic N) is 3. The van der Waals surface area contributed by atoms with Crippen molar-refractivity contribution in [3.05, 3.63) is 31.8 Å². The molecule has 1 atom stereocenters. The normalized spacial score (nSPS) is 17.6. The number of piperazine rings is 1. The van der Waals surface area contributed by atoms with E-state index in [1.807, 2.05) is 30.0 Å². The summed E-state index contributed by atoms with van der Waals surface area (Å²) in [5.74, 6) is 0.0552. The summed E-state index contributed by atoms with van der Waals surface area (Å²) in [6, 6.07) is 7.93. The number of rotatable bonds is 2. The molecular formula is C14H15BrIN3O. The zero-order valence-electron chi connectivity index (χ0n) is 11.1. The van der Waals surface area contributed by atoms with Crippen molar-refractivity contribution in [1.82, 2.24) is 9.80 Å². The Morgan fingerprint density at radius 1 is 1.40 bits per heavy atom. The van der Waals surface area contributed by atoms with Crippen molar-refractivity contribution in [2.24, 2.45) is 0 Å². The fraction of sp³-hybridized carbons (Fsp3) is 0.429. The van der Waals surface area contributed by atoms with Gasteiger partial charge in [0.1, 0.15) is 0 Å². The van der Waals surface area contributed by atoms with Gasteiger partial charge in [0.15, 0.2) is 0 Å². The first kappa shape index (κ1) is 15.7. The van der Waals surface area contributed by atoms with Crippen molar-refractivity contribution in [2.75, 3.05) is 26.2 Å². The van der Waals surface area contributed by atoms with Crippen LogP contribution in [0.5, 0.6) is 0 Å². The SMILES string of the molecule is CC(C#N)N1CCN(C(=O)c2cc(I)ccc2Br)CC1. The van der Waals surface area contributed by atoms with Crippen LogP contribution >= 0.6 is 38.5 Å². The second kappa shape index (κ2) is 6.87. The highest BCUT2D eigenvalue weighted by molar-refractivity contribution is 14.1. The third kappa shape index (κ3) is 3.51. The van der Waals surface area contributed by atoms with E-state index in [1.54, 1.807) is 0 Å². The zero-order valence-corrected chi connectivity index (χ0v) is 14.9. The van der Waals surface area contributed by atoms with Gasteiger partial charge in [-0.3, -0.25) is 9.69 Å². The highest BCUT2D eigenvalue weighted by atomic mass is 127. The van der Waals surface area contributed by atoms with Gasteiger partial charge in [-0.2, -0.15) is 5.26 Å². The molecule has 4 nitrogen and oxygen atoms in total. The first-order valence-corrected chi connectivity index (χ1v) is 8.28. The van der Waals surface area contributed by atoms with Crippen LogP contribution in [0.2, 0.25) is 0 Å². The summed E-state index contributed by atoms with van der Waals surface area (Å²) in [5, 5.41) is 8.93. The largest absolute Gasteiger partial charge is 0.336 e.